The van der Waals surface area contributed by atoms with Gasteiger partial charge in [0.05, 0.1) is 11.0 Å². The van der Waals surface area contributed by atoms with E-state index in [1.165, 1.54) is 5.56 Å². The van der Waals surface area contributed by atoms with Gasteiger partial charge in [-0.05, 0) is 24.1 Å². The molecular weight excluding hydrogens is 290 g/mol. The summed E-state index contributed by atoms with van der Waals surface area (Å²) in [6.45, 7) is 0. The summed E-state index contributed by atoms with van der Waals surface area (Å²) in [5.74, 6) is 0.371. The van der Waals surface area contributed by atoms with Crippen molar-refractivity contribution in [2.75, 3.05) is 5.32 Å². The van der Waals surface area contributed by atoms with E-state index in [-0.39, 0.29) is 18.0 Å². The molecule has 2 unspecified atom stereocenters. The summed E-state index contributed by atoms with van der Waals surface area (Å²) in [4.78, 5) is 19.9. The molecule has 23 heavy (non-hydrogen) atoms. The lowest BCUT2D eigenvalue weighted by atomic mass is 10.0. The van der Waals surface area contributed by atoms with Gasteiger partial charge in [-0.3, -0.25) is 10.1 Å². The van der Waals surface area contributed by atoms with E-state index in [0.717, 1.165) is 11.0 Å². The highest BCUT2D eigenvalue weighted by molar-refractivity contribution is 5.95. The zero-order valence-corrected chi connectivity index (χ0v) is 12.4. The van der Waals surface area contributed by atoms with Crippen LogP contribution in [0.2, 0.25) is 0 Å². The molecular formula is C17H17N5O. The van der Waals surface area contributed by atoms with Gasteiger partial charge in [0.25, 0.3) is 0 Å². The molecule has 2 heterocycles. The van der Waals surface area contributed by atoms with Gasteiger partial charge in [-0.25, -0.2) is 15.8 Å². The number of carbonyl (C=O) groups excluding carboxylic acids is 1. The fourth-order valence-corrected chi connectivity index (χ4v) is 2.85. The van der Waals surface area contributed by atoms with E-state index < -0.39 is 0 Å². The number of aromatic nitrogens is 2. The molecule has 0 bridgehead atoms. The minimum atomic E-state index is -0.298. The molecule has 1 aliphatic heterocycles. The number of aromatic amines is 1. The Morgan fingerprint density at radius 1 is 1.04 bits per heavy atom. The molecule has 0 radical (unpaired) electrons. The highest BCUT2D eigenvalue weighted by Crippen LogP contribution is 2.22. The van der Waals surface area contributed by atoms with Gasteiger partial charge >= 0.3 is 0 Å². The van der Waals surface area contributed by atoms with Crippen LogP contribution in [0.4, 0.5) is 5.95 Å². The van der Waals surface area contributed by atoms with Crippen LogP contribution in [0.3, 0.4) is 0 Å². The molecule has 0 saturated carbocycles. The number of hydrogen-bond acceptors (Lipinski definition) is 4. The molecule has 1 amide bonds. The smallest absolute Gasteiger partial charge is 0.245 e. The molecule has 1 saturated heterocycles. The Morgan fingerprint density at radius 3 is 2.65 bits per heavy atom. The predicted octanol–water partition coefficient (Wildman–Crippen LogP) is 2.11. The van der Waals surface area contributed by atoms with E-state index in [0.29, 0.717) is 12.4 Å². The van der Waals surface area contributed by atoms with Crippen LogP contribution < -0.4 is 16.2 Å². The maximum absolute atomic E-state index is 12.4. The lowest BCUT2D eigenvalue weighted by Crippen LogP contribution is -2.39. The monoisotopic (exact) mass is 307 g/mol. The Hall–Kier alpha value is -2.70. The largest absolute Gasteiger partial charge is 0.324 e. The number of carbonyl (C=O) groups is 1. The second-order valence-corrected chi connectivity index (χ2v) is 5.63. The summed E-state index contributed by atoms with van der Waals surface area (Å²) >= 11 is 0. The van der Waals surface area contributed by atoms with Crippen molar-refractivity contribution in [2.45, 2.75) is 18.5 Å². The van der Waals surface area contributed by atoms with E-state index in [4.69, 9.17) is 0 Å². The predicted molar refractivity (Wildman–Crippen MR) is 88.6 cm³/mol. The second kappa shape index (κ2) is 5.83. The number of para-hydroxylation sites is 2. The van der Waals surface area contributed by atoms with E-state index in [9.17, 15) is 4.79 Å². The summed E-state index contributed by atoms with van der Waals surface area (Å²) in [5.41, 5.74) is 9.14. The SMILES string of the molecule is O=C(Nc1nc2ccccc2[nH]1)C1CC(c2ccccc2)NN1. The first-order valence-corrected chi connectivity index (χ1v) is 7.61. The van der Waals surface area contributed by atoms with Gasteiger partial charge in [-0.15, -0.1) is 0 Å². The summed E-state index contributed by atoms with van der Waals surface area (Å²) in [6, 6.07) is 17.6. The Kier molecular flexibility index (Phi) is 3.53. The van der Waals surface area contributed by atoms with E-state index >= 15 is 0 Å². The highest BCUT2D eigenvalue weighted by Gasteiger charge is 2.30. The third-order valence-electron chi connectivity index (χ3n) is 4.05. The number of fused-ring (bicyclic) bond motifs is 1. The lowest BCUT2D eigenvalue weighted by Gasteiger charge is -2.09. The van der Waals surface area contributed by atoms with Crippen molar-refractivity contribution in [1.82, 2.24) is 20.8 Å². The summed E-state index contributed by atoms with van der Waals surface area (Å²) in [7, 11) is 0. The van der Waals surface area contributed by atoms with Crippen LogP contribution in [0.5, 0.6) is 0 Å². The molecule has 2 atom stereocenters. The number of hydrazine groups is 1. The third-order valence-corrected chi connectivity index (χ3v) is 4.05. The fraction of sp³-hybridized carbons (Fsp3) is 0.176. The molecule has 4 rings (SSSR count). The molecule has 4 N–H and O–H groups in total. The zero-order chi connectivity index (χ0) is 15.6. The van der Waals surface area contributed by atoms with Crippen molar-refractivity contribution < 1.29 is 4.79 Å². The number of benzene rings is 2. The maximum Gasteiger partial charge on any atom is 0.245 e. The number of H-pyrrole nitrogens is 1. The van der Waals surface area contributed by atoms with Crippen LogP contribution in [-0.4, -0.2) is 21.9 Å². The van der Waals surface area contributed by atoms with E-state index in [2.05, 4.69) is 38.3 Å². The fourth-order valence-electron chi connectivity index (χ4n) is 2.85. The molecule has 6 nitrogen and oxygen atoms in total. The van der Waals surface area contributed by atoms with E-state index in [1.807, 2.05) is 42.5 Å². The van der Waals surface area contributed by atoms with Gasteiger partial charge in [-0.2, -0.15) is 0 Å². The lowest BCUT2D eigenvalue weighted by molar-refractivity contribution is -0.117. The standard InChI is InChI=1S/C17H17N5O/c23-16(20-17-18-12-8-4-5-9-13(12)19-17)15-10-14(21-22-15)11-6-2-1-3-7-11/h1-9,14-15,21-22H,10H2,(H2,18,19,20,23). The molecule has 3 aromatic rings. The first-order valence-electron chi connectivity index (χ1n) is 7.61. The molecule has 0 aliphatic carbocycles. The van der Waals surface area contributed by atoms with Gasteiger partial charge in [0, 0.05) is 6.04 Å². The van der Waals surface area contributed by atoms with Crippen LogP contribution in [0.15, 0.2) is 54.6 Å². The summed E-state index contributed by atoms with van der Waals surface area (Å²) < 4.78 is 0. The Morgan fingerprint density at radius 2 is 1.83 bits per heavy atom. The van der Waals surface area contributed by atoms with Crippen LogP contribution >= 0.6 is 0 Å². The van der Waals surface area contributed by atoms with E-state index in [1.54, 1.807) is 0 Å². The maximum atomic E-state index is 12.4. The van der Waals surface area contributed by atoms with Crippen LogP contribution in [0.25, 0.3) is 11.0 Å². The summed E-state index contributed by atoms with van der Waals surface area (Å²) in [6.07, 6.45) is 0.691. The molecule has 6 heteroatoms. The number of rotatable bonds is 3. The average Bonchev–Trinajstić information content (AvgIpc) is 3.22. The molecule has 1 aromatic heterocycles. The minimum absolute atomic E-state index is 0.102. The number of anilines is 1. The topological polar surface area (TPSA) is 81.8 Å². The average molecular weight is 307 g/mol. The van der Waals surface area contributed by atoms with Crippen LogP contribution in [-0.2, 0) is 4.79 Å². The van der Waals surface area contributed by atoms with Crippen molar-refractivity contribution >= 4 is 22.9 Å². The first kappa shape index (κ1) is 13.9. The second-order valence-electron chi connectivity index (χ2n) is 5.63. The first-order chi connectivity index (χ1) is 11.3. The quantitative estimate of drug-likeness (QED) is 0.597. The van der Waals surface area contributed by atoms with Crippen molar-refractivity contribution in [2.24, 2.45) is 0 Å². The number of nitrogens with zero attached hydrogens (tertiary/aromatic N) is 1. The van der Waals surface area contributed by atoms with Crippen molar-refractivity contribution in [3.05, 3.63) is 60.2 Å². The number of amides is 1. The van der Waals surface area contributed by atoms with Gasteiger partial charge < -0.3 is 4.98 Å². The minimum Gasteiger partial charge on any atom is -0.324 e. The van der Waals surface area contributed by atoms with Crippen LogP contribution in [0, 0.1) is 0 Å². The number of hydrogen-bond donors (Lipinski definition) is 4. The van der Waals surface area contributed by atoms with Crippen molar-refractivity contribution in [3.63, 3.8) is 0 Å². The van der Waals surface area contributed by atoms with Gasteiger partial charge in [0.2, 0.25) is 11.9 Å². The molecule has 1 fully saturated rings. The molecule has 0 spiro atoms. The number of imidazole rings is 1. The normalized spacial score (nSPS) is 20.7. The Labute approximate surface area is 133 Å². The molecule has 1 aliphatic rings. The van der Waals surface area contributed by atoms with Gasteiger partial charge in [0.15, 0.2) is 0 Å². The summed E-state index contributed by atoms with van der Waals surface area (Å²) in [5, 5.41) is 2.84. The van der Waals surface area contributed by atoms with Gasteiger partial charge in [0.1, 0.15) is 6.04 Å². The van der Waals surface area contributed by atoms with Crippen molar-refractivity contribution in [3.8, 4) is 0 Å². The molecule has 116 valence electrons. The zero-order valence-electron chi connectivity index (χ0n) is 12.4. The highest BCUT2D eigenvalue weighted by atomic mass is 16.2. The Balaban J connectivity index is 1.43. The van der Waals surface area contributed by atoms with Gasteiger partial charge in [-0.1, -0.05) is 42.5 Å². The molecule has 2 aromatic carbocycles. The van der Waals surface area contributed by atoms with Crippen molar-refractivity contribution in [1.29, 1.82) is 0 Å². The van der Waals surface area contributed by atoms with Crippen LogP contribution in [0.1, 0.15) is 18.0 Å². The third kappa shape index (κ3) is 2.81. The Bertz CT molecular complexity index is 796. The number of nitrogens with one attached hydrogen (secondary N) is 4.